The second-order valence-electron chi connectivity index (χ2n) is 3.85. The van der Waals surface area contributed by atoms with Crippen LogP contribution in [0.3, 0.4) is 0 Å². The third-order valence-electron chi connectivity index (χ3n) is 2.51. The lowest BCUT2D eigenvalue weighted by Gasteiger charge is -2.12. The zero-order valence-electron chi connectivity index (χ0n) is 9.32. The Bertz CT molecular complexity index is 455. The lowest BCUT2D eigenvalue weighted by atomic mass is 10.2. The Morgan fingerprint density at radius 3 is 2.13 bits per heavy atom. The van der Waals surface area contributed by atoms with E-state index in [2.05, 4.69) is 6.58 Å². The molecule has 0 N–H and O–H groups in total. The number of hydrogen-bond acceptors (Lipinski definition) is 2. The summed E-state index contributed by atoms with van der Waals surface area (Å²) < 4.78 is 24.0. The van der Waals surface area contributed by atoms with Crippen molar-refractivity contribution in [1.82, 2.24) is 0 Å². The monoisotopic (exact) mass is 224 g/mol. The lowest BCUT2D eigenvalue weighted by Crippen LogP contribution is -2.18. The smallest absolute Gasteiger partial charge is 0.184 e. The van der Waals surface area contributed by atoms with Gasteiger partial charge in [-0.15, -0.1) is 0 Å². The van der Waals surface area contributed by atoms with E-state index in [-0.39, 0.29) is 0 Å². The molecule has 1 aromatic rings. The average molecular weight is 224 g/mol. The zero-order chi connectivity index (χ0) is 11.6. The van der Waals surface area contributed by atoms with E-state index in [0.29, 0.717) is 10.5 Å². The summed E-state index contributed by atoms with van der Waals surface area (Å²) in [4.78, 5) is 0.364. The van der Waals surface area contributed by atoms with Crippen molar-refractivity contribution in [2.75, 3.05) is 0 Å². The van der Waals surface area contributed by atoms with Crippen LogP contribution < -0.4 is 0 Å². The van der Waals surface area contributed by atoms with Gasteiger partial charge in [0, 0.05) is 0 Å². The summed E-state index contributed by atoms with van der Waals surface area (Å²) in [5, 5.41) is -0.528. The Labute approximate surface area is 91.6 Å². The summed E-state index contributed by atoms with van der Waals surface area (Å²) in [5.41, 5.74) is 1.72. The van der Waals surface area contributed by atoms with Crippen LogP contribution in [0.2, 0.25) is 0 Å². The van der Waals surface area contributed by atoms with E-state index in [1.54, 1.807) is 38.1 Å². The molecule has 0 aliphatic rings. The highest BCUT2D eigenvalue weighted by atomic mass is 32.2. The quantitative estimate of drug-likeness (QED) is 0.740. The molecule has 0 fully saturated rings. The van der Waals surface area contributed by atoms with E-state index in [1.165, 1.54) is 0 Å². The normalized spacial score (nSPS) is 13.5. The zero-order valence-corrected chi connectivity index (χ0v) is 10.1. The summed E-state index contributed by atoms with van der Waals surface area (Å²) in [5.74, 6) is 0. The van der Waals surface area contributed by atoms with Crippen molar-refractivity contribution in [1.29, 1.82) is 0 Å². The van der Waals surface area contributed by atoms with Crippen molar-refractivity contribution >= 4 is 9.84 Å². The third-order valence-corrected chi connectivity index (χ3v) is 4.77. The molecule has 82 valence electrons. The molecule has 1 rings (SSSR count). The summed E-state index contributed by atoms with van der Waals surface area (Å²) in [6.45, 7) is 9.01. The van der Waals surface area contributed by atoms with Gasteiger partial charge in [0.25, 0.3) is 0 Å². The van der Waals surface area contributed by atoms with Crippen LogP contribution in [-0.2, 0) is 9.84 Å². The van der Waals surface area contributed by atoms with Gasteiger partial charge in [-0.3, -0.25) is 0 Å². The van der Waals surface area contributed by atoms with Crippen LogP contribution in [0.1, 0.15) is 19.4 Å². The molecule has 0 saturated carbocycles. The molecule has 0 aliphatic heterocycles. The van der Waals surface area contributed by atoms with E-state index in [0.717, 1.165) is 5.56 Å². The molecular formula is C12H16O2S. The SMILES string of the molecule is C=C(C)C(C)S(=O)(=O)c1ccc(C)cc1. The third kappa shape index (κ3) is 2.48. The van der Waals surface area contributed by atoms with Gasteiger partial charge in [-0.05, 0) is 32.9 Å². The molecule has 0 aromatic heterocycles. The highest BCUT2D eigenvalue weighted by Crippen LogP contribution is 2.20. The Balaban J connectivity index is 3.17. The van der Waals surface area contributed by atoms with Crippen molar-refractivity contribution in [3.05, 3.63) is 42.0 Å². The Kier molecular flexibility index (Phi) is 3.35. The van der Waals surface area contributed by atoms with Crippen LogP contribution in [0.5, 0.6) is 0 Å². The summed E-state index contributed by atoms with van der Waals surface area (Å²) in [6.07, 6.45) is 0. The molecule has 0 aliphatic carbocycles. The van der Waals surface area contributed by atoms with Gasteiger partial charge in [0.15, 0.2) is 9.84 Å². The molecule has 1 atom stereocenters. The van der Waals surface area contributed by atoms with Crippen molar-refractivity contribution in [3.8, 4) is 0 Å². The first kappa shape index (κ1) is 12.0. The Morgan fingerprint density at radius 2 is 1.73 bits per heavy atom. The molecular weight excluding hydrogens is 208 g/mol. The lowest BCUT2D eigenvalue weighted by molar-refractivity contribution is 0.589. The number of benzene rings is 1. The van der Waals surface area contributed by atoms with Gasteiger partial charge in [-0.25, -0.2) is 8.42 Å². The maximum Gasteiger partial charge on any atom is 0.184 e. The number of hydrogen-bond donors (Lipinski definition) is 0. The molecule has 0 amide bonds. The van der Waals surface area contributed by atoms with Crippen molar-refractivity contribution < 1.29 is 8.42 Å². The van der Waals surface area contributed by atoms with Gasteiger partial charge < -0.3 is 0 Å². The molecule has 0 bridgehead atoms. The topological polar surface area (TPSA) is 34.1 Å². The minimum atomic E-state index is -3.25. The van der Waals surface area contributed by atoms with E-state index in [9.17, 15) is 8.42 Å². The maximum atomic E-state index is 12.0. The average Bonchev–Trinajstić information content (AvgIpc) is 2.17. The largest absolute Gasteiger partial charge is 0.223 e. The van der Waals surface area contributed by atoms with Gasteiger partial charge in [0.05, 0.1) is 10.1 Å². The van der Waals surface area contributed by atoms with Crippen molar-refractivity contribution in [2.45, 2.75) is 30.9 Å². The van der Waals surface area contributed by atoms with Gasteiger partial charge in [0.1, 0.15) is 0 Å². The first-order chi connectivity index (χ1) is 6.85. The molecule has 1 aromatic carbocycles. The minimum Gasteiger partial charge on any atom is -0.223 e. The van der Waals surface area contributed by atoms with Crippen LogP contribution in [0.4, 0.5) is 0 Å². The molecule has 0 heterocycles. The highest BCUT2D eigenvalue weighted by molar-refractivity contribution is 7.92. The Hall–Kier alpha value is -1.09. The fraction of sp³-hybridized carbons (Fsp3) is 0.333. The molecule has 3 heteroatoms. The molecule has 0 saturated heterocycles. The fourth-order valence-corrected chi connectivity index (χ4v) is 2.65. The van der Waals surface area contributed by atoms with Gasteiger partial charge in [-0.1, -0.05) is 29.8 Å². The molecule has 15 heavy (non-hydrogen) atoms. The predicted molar refractivity (Wildman–Crippen MR) is 62.6 cm³/mol. The molecule has 0 spiro atoms. The second-order valence-corrected chi connectivity index (χ2v) is 6.12. The summed E-state index contributed by atoms with van der Waals surface area (Å²) >= 11 is 0. The summed E-state index contributed by atoms with van der Waals surface area (Å²) in [6, 6.07) is 6.89. The second kappa shape index (κ2) is 4.19. The minimum absolute atomic E-state index is 0.364. The van der Waals surface area contributed by atoms with Gasteiger partial charge >= 0.3 is 0 Å². The number of sulfone groups is 1. The van der Waals surface area contributed by atoms with Gasteiger partial charge in [-0.2, -0.15) is 0 Å². The molecule has 1 unspecified atom stereocenters. The van der Waals surface area contributed by atoms with E-state index < -0.39 is 15.1 Å². The van der Waals surface area contributed by atoms with Crippen LogP contribution >= 0.6 is 0 Å². The van der Waals surface area contributed by atoms with Crippen LogP contribution in [-0.4, -0.2) is 13.7 Å². The number of rotatable bonds is 3. The van der Waals surface area contributed by atoms with E-state index in [1.807, 2.05) is 6.92 Å². The fourth-order valence-electron chi connectivity index (χ4n) is 1.20. The number of aryl methyl sites for hydroxylation is 1. The Morgan fingerprint density at radius 1 is 1.27 bits per heavy atom. The van der Waals surface area contributed by atoms with Gasteiger partial charge in [0.2, 0.25) is 0 Å². The predicted octanol–water partition coefficient (Wildman–Crippen LogP) is 2.73. The van der Waals surface area contributed by atoms with E-state index >= 15 is 0 Å². The van der Waals surface area contributed by atoms with Crippen molar-refractivity contribution in [3.63, 3.8) is 0 Å². The first-order valence-electron chi connectivity index (χ1n) is 4.81. The van der Waals surface area contributed by atoms with Crippen LogP contribution in [0.25, 0.3) is 0 Å². The van der Waals surface area contributed by atoms with Crippen LogP contribution in [0, 0.1) is 6.92 Å². The van der Waals surface area contributed by atoms with E-state index in [4.69, 9.17) is 0 Å². The molecule has 2 nitrogen and oxygen atoms in total. The maximum absolute atomic E-state index is 12.0. The first-order valence-corrected chi connectivity index (χ1v) is 6.36. The molecule has 0 radical (unpaired) electrons. The van der Waals surface area contributed by atoms with Crippen molar-refractivity contribution in [2.24, 2.45) is 0 Å². The summed E-state index contributed by atoms with van der Waals surface area (Å²) in [7, 11) is -3.25. The van der Waals surface area contributed by atoms with Crippen LogP contribution in [0.15, 0.2) is 41.3 Å². The standard InChI is InChI=1S/C12H16O2S/c1-9(2)11(4)15(13,14)12-7-5-10(3)6-8-12/h5-8,11H,1H2,2-4H3. The highest BCUT2D eigenvalue weighted by Gasteiger charge is 2.23.